The van der Waals surface area contributed by atoms with Gasteiger partial charge in [-0.1, -0.05) is 43.4 Å². The van der Waals surface area contributed by atoms with Crippen LogP contribution in [0.2, 0.25) is 0 Å². The summed E-state index contributed by atoms with van der Waals surface area (Å²) in [5.41, 5.74) is 5.16. The summed E-state index contributed by atoms with van der Waals surface area (Å²) in [5, 5.41) is 0. The van der Waals surface area contributed by atoms with Crippen molar-refractivity contribution in [2.24, 2.45) is 23.0 Å². The highest BCUT2D eigenvalue weighted by molar-refractivity contribution is 14.1. The highest BCUT2D eigenvalue weighted by Crippen LogP contribution is 2.39. The minimum Gasteiger partial charge on any atom is -0.446 e. The van der Waals surface area contributed by atoms with Gasteiger partial charge in [-0.25, -0.2) is 4.79 Å². The fourth-order valence-corrected chi connectivity index (χ4v) is 3.63. The molecule has 0 saturated heterocycles. The van der Waals surface area contributed by atoms with Crippen molar-refractivity contribution >= 4 is 28.7 Å². The summed E-state index contributed by atoms with van der Waals surface area (Å²) in [4.78, 5) is 11.0. The standard InChI is InChI=1S/C13H24INO2/c1-13(2,3)11(17-12(15)16)10-6-4-9(8-14)5-7-10/h9-11H,4-8H2,1-3H3,(H2,15,16). The zero-order valence-electron chi connectivity index (χ0n) is 11.0. The van der Waals surface area contributed by atoms with E-state index in [1.165, 1.54) is 17.3 Å². The zero-order chi connectivity index (χ0) is 13.1. The second kappa shape index (κ2) is 6.25. The molecule has 1 unspecified atom stereocenters. The van der Waals surface area contributed by atoms with Crippen LogP contribution in [0.3, 0.4) is 0 Å². The summed E-state index contributed by atoms with van der Waals surface area (Å²) < 4.78 is 6.60. The molecule has 1 amide bonds. The van der Waals surface area contributed by atoms with Gasteiger partial charge in [0.25, 0.3) is 0 Å². The monoisotopic (exact) mass is 353 g/mol. The van der Waals surface area contributed by atoms with E-state index in [1.54, 1.807) is 0 Å². The lowest BCUT2D eigenvalue weighted by molar-refractivity contribution is -0.0182. The molecule has 3 nitrogen and oxygen atoms in total. The predicted molar refractivity (Wildman–Crippen MR) is 78.2 cm³/mol. The van der Waals surface area contributed by atoms with Gasteiger partial charge in [0.15, 0.2) is 0 Å². The van der Waals surface area contributed by atoms with Gasteiger partial charge in [0, 0.05) is 4.43 Å². The second-order valence-electron chi connectivity index (χ2n) is 6.16. The molecular formula is C13H24INO2. The third kappa shape index (κ3) is 4.64. The van der Waals surface area contributed by atoms with Gasteiger partial charge in [0.05, 0.1) is 0 Å². The average molecular weight is 353 g/mol. The normalized spacial score (nSPS) is 27.5. The van der Waals surface area contributed by atoms with Crippen molar-refractivity contribution in [2.75, 3.05) is 4.43 Å². The lowest BCUT2D eigenvalue weighted by atomic mass is 9.72. The van der Waals surface area contributed by atoms with Crippen molar-refractivity contribution in [3.63, 3.8) is 0 Å². The van der Waals surface area contributed by atoms with Crippen LogP contribution in [0.4, 0.5) is 4.79 Å². The average Bonchev–Trinajstić information content (AvgIpc) is 2.24. The first-order chi connectivity index (χ1) is 7.84. The van der Waals surface area contributed by atoms with Gasteiger partial charge in [-0.15, -0.1) is 0 Å². The molecule has 2 N–H and O–H groups in total. The molecule has 0 heterocycles. The molecule has 0 spiro atoms. The Balaban J connectivity index is 2.62. The molecular weight excluding hydrogens is 329 g/mol. The smallest absolute Gasteiger partial charge is 0.404 e. The van der Waals surface area contributed by atoms with Gasteiger partial charge in [-0.05, 0) is 42.9 Å². The molecule has 1 aliphatic rings. The highest BCUT2D eigenvalue weighted by Gasteiger charge is 2.37. The molecule has 1 aliphatic carbocycles. The molecule has 1 atom stereocenters. The van der Waals surface area contributed by atoms with Gasteiger partial charge >= 0.3 is 6.09 Å². The molecule has 0 aliphatic heterocycles. The number of primary amides is 1. The van der Waals surface area contributed by atoms with E-state index in [0.29, 0.717) is 5.92 Å². The highest BCUT2D eigenvalue weighted by atomic mass is 127. The first-order valence-corrected chi connectivity index (χ1v) is 7.89. The van der Waals surface area contributed by atoms with Crippen LogP contribution in [-0.4, -0.2) is 16.6 Å². The van der Waals surface area contributed by atoms with E-state index in [1.807, 2.05) is 0 Å². The molecule has 0 aromatic carbocycles. The van der Waals surface area contributed by atoms with Crippen LogP contribution in [0.5, 0.6) is 0 Å². The maximum atomic E-state index is 11.0. The molecule has 0 aromatic rings. The van der Waals surface area contributed by atoms with Crippen molar-refractivity contribution in [3.8, 4) is 0 Å². The largest absolute Gasteiger partial charge is 0.446 e. The minimum atomic E-state index is -0.638. The van der Waals surface area contributed by atoms with Crippen LogP contribution in [0.25, 0.3) is 0 Å². The summed E-state index contributed by atoms with van der Waals surface area (Å²) in [6, 6.07) is 0. The number of hydrogen-bond donors (Lipinski definition) is 1. The SMILES string of the molecule is CC(C)(C)C(OC(N)=O)C1CCC(CI)CC1. The number of ether oxygens (including phenoxy) is 1. The number of alkyl halides is 1. The lowest BCUT2D eigenvalue weighted by Crippen LogP contribution is -2.41. The molecule has 1 saturated carbocycles. The zero-order valence-corrected chi connectivity index (χ0v) is 13.2. The van der Waals surface area contributed by atoms with Gasteiger partial charge < -0.3 is 10.5 Å². The van der Waals surface area contributed by atoms with Crippen LogP contribution < -0.4 is 5.73 Å². The van der Waals surface area contributed by atoms with Crippen LogP contribution in [0.15, 0.2) is 0 Å². The van der Waals surface area contributed by atoms with Crippen molar-refractivity contribution in [1.82, 2.24) is 0 Å². The maximum Gasteiger partial charge on any atom is 0.404 e. The molecule has 4 heteroatoms. The van der Waals surface area contributed by atoms with E-state index in [0.717, 1.165) is 18.8 Å². The Hall–Kier alpha value is 0. The van der Waals surface area contributed by atoms with E-state index in [2.05, 4.69) is 43.4 Å². The maximum absolute atomic E-state index is 11.0. The summed E-state index contributed by atoms with van der Waals surface area (Å²) in [5.74, 6) is 1.32. The second-order valence-corrected chi connectivity index (χ2v) is 7.04. The fraction of sp³-hybridized carbons (Fsp3) is 0.923. The minimum absolute atomic E-state index is 0.0309. The molecule has 100 valence electrons. The molecule has 0 radical (unpaired) electrons. The summed E-state index contributed by atoms with van der Waals surface area (Å²) >= 11 is 2.46. The first kappa shape index (κ1) is 15.1. The van der Waals surface area contributed by atoms with Gasteiger partial charge in [0.2, 0.25) is 0 Å². The Kier molecular flexibility index (Phi) is 5.54. The van der Waals surface area contributed by atoms with Crippen LogP contribution in [-0.2, 0) is 4.74 Å². The quantitative estimate of drug-likeness (QED) is 0.621. The van der Waals surface area contributed by atoms with Crippen molar-refractivity contribution in [3.05, 3.63) is 0 Å². The van der Waals surface area contributed by atoms with Crippen molar-refractivity contribution < 1.29 is 9.53 Å². The third-order valence-electron chi connectivity index (χ3n) is 3.63. The summed E-state index contributed by atoms with van der Waals surface area (Å²) in [6.07, 6.45) is 4.13. The van der Waals surface area contributed by atoms with E-state index < -0.39 is 6.09 Å². The number of halogens is 1. The van der Waals surface area contributed by atoms with E-state index in [-0.39, 0.29) is 11.5 Å². The van der Waals surface area contributed by atoms with E-state index in [9.17, 15) is 4.79 Å². The topological polar surface area (TPSA) is 52.3 Å². The van der Waals surface area contributed by atoms with Crippen LogP contribution in [0.1, 0.15) is 46.5 Å². The summed E-state index contributed by atoms with van der Waals surface area (Å²) in [7, 11) is 0. The molecule has 0 aromatic heterocycles. The van der Waals surface area contributed by atoms with Crippen LogP contribution >= 0.6 is 22.6 Å². The predicted octanol–water partition coefficient (Wildman–Crippen LogP) is 3.74. The molecule has 0 bridgehead atoms. The molecule has 17 heavy (non-hydrogen) atoms. The number of hydrogen-bond acceptors (Lipinski definition) is 2. The Morgan fingerprint density at radius 2 is 1.88 bits per heavy atom. The first-order valence-electron chi connectivity index (χ1n) is 6.36. The number of carbonyl (C=O) groups excluding carboxylic acids is 1. The van der Waals surface area contributed by atoms with E-state index >= 15 is 0 Å². The number of rotatable bonds is 3. The van der Waals surface area contributed by atoms with Gasteiger partial charge in [0.1, 0.15) is 6.10 Å². The Morgan fingerprint density at radius 3 is 2.24 bits per heavy atom. The van der Waals surface area contributed by atoms with E-state index in [4.69, 9.17) is 10.5 Å². The Bertz CT molecular complexity index is 255. The fourth-order valence-electron chi connectivity index (χ4n) is 2.75. The molecule has 1 fully saturated rings. The summed E-state index contributed by atoms with van der Waals surface area (Å²) in [6.45, 7) is 6.35. The lowest BCUT2D eigenvalue weighted by Gasteiger charge is -2.39. The number of amides is 1. The number of nitrogens with two attached hydrogens (primary N) is 1. The van der Waals surface area contributed by atoms with Gasteiger partial charge in [-0.3, -0.25) is 0 Å². The Labute approximate surface area is 118 Å². The van der Waals surface area contributed by atoms with Crippen molar-refractivity contribution in [2.45, 2.75) is 52.6 Å². The number of carbonyl (C=O) groups is 1. The molecule has 1 rings (SSSR count). The van der Waals surface area contributed by atoms with Crippen molar-refractivity contribution in [1.29, 1.82) is 0 Å². The van der Waals surface area contributed by atoms with Crippen LogP contribution in [0, 0.1) is 17.3 Å². The third-order valence-corrected chi connectivity index (χ3v) is 4.88. The van der Waals surface area contributed by atoms with Gasteiger partial charge in [-0.2, -0.15) is 0 Å². The Morgan fingerprint density at radius 1 is 1.35 bits per heavy atom.